The molecule has 3 rings (SSSR count). The molecule has 23 heavy (non-hydrogen) atoms. The van der Waals surface area contributed by atoms with Crippen molar-refractivity contribution in [2.45, 2.75) is 70.9 Å². The van der Waals surface area contributed by atoms with Crippen LogP contribution in [0, 0.1) is 0 Å². The van der Waals surface area contributed by atoms with Crippen molar-refractivity contribution in [2.75, 3.05) is 6.54 Å². The number of azo groups is 1. The molecule has 2 aliphatic rings. The summed E-state index contributed by atoms with van der Waals surface area (Å²) in [6.45, 7) is 4.79. The summed E-state index contributed by atoms with van der Waals surface area (Å²) >= 11 is 0. The molecule has 2 bridgehead atoms. The molecule has 6 nitrogen and oxygen atoms in total. The summed E-state index contributed by atoms with van der Waals surface area (Å²) in [6, 6.07) is 2.42. The first kappa shape index (κ1) is 16.0. The number of rotatable bonds is 5. The number of carbonyl (C=O) groups excluding carboxylic acids is 1. The zero-order chi connectivity index (χ0) is 16.2. The zero-order valence-corrected chi connectivity index (χ0v) is 14.0. The second-order valence-corrected chi connectivity index (χ2v) is 6.38. The van der Waals surface area contributed by atoms with E-state index in [0.29, 0.717) is 18.3 Å². The van der Waals surface area contributed by atoms with E-state index in [1.165, 1.54) is 0 Å². The van der Waals surface area contributed by atoms with Crippen molar-refractivity contribution in [3.63, 3.8) is 0 Å². The first-order chi connectivity index (χ1) is 11.2. The Bertz CT molecular complexity index is 601. The lowest BCUT2D eigenvalue weighted by Crippen LogP contribution is -2.49. The molecule has 6 heteroatoms. The maximum absolute atomic E-state index is 12.4. The van der Waals surface area contributed by atoms with E-state index in [1.54, 1.807) is 0 Å². The van der Waals surface area contributed by atoms with Crippen molar-refractivity contribution < 1.29 is 4.79 Å². The highest BCUT2D eigenvalue weighted by molar-refractivity contribution is 5.77. The first-order valence-corrected chi connectivity index (χ1v) is 8.79. The predicted octanol–water partition coefficient (Wildman–Crippen LogP) is 3.75. The van der Waals surface area contributed by atoms with Gasteiger partial charge < -0.3 is 4.90 Å². The number of carbonyl (C=O) groups is 1. The smallest absolute Gasteiger partial charge is 0.223 e. The molecule has 2 aliphatic heterocycles. The van der Waals surface area contributed by atoms with E-state index in [0.717, 1.165) is 56.3 Å². The van der Waals surface area contributed by atoms with E-state index in [9.17, 15) is 4.79 Å². The molecule has 1 saturated heterocycles. The van der Waals surface area contributed by atoms with E-state index in [4.69, 9.17) is 0 Å². The van der Waals surface area contributed by atoms with Gasteiger partial charge in [-0.3, -0.25) is 4.79 Å². The third kappa shape index (κ3) is 3.26. The number of nitrogens with zero attached hydrogens (tertiary/aromatic N) is 5. The summed E-state index contributed by atoms with van der Waals surface area (Å²) in [4.78, 5) is 14.5. The quantitative estimate of drug-likeness (QED) is 0.613. The van der Waals surface area contributed by atoms with Crippen LogP contribution in [0.3, 0.4) is 0 Å². The van der Waals surface area contributed by atoms with Crippen molar-refractivity contribution in [1.82, 2.24) is 15.1 Å². The average Bonchev–Trinajstić information content (AvgIpc) is 2.58. The Labute approximate surface area is 137 Å². The largest absolute Gasteiger partial charge is 0.332 e. The van der Waals surface area contributed by atoms with Gasteiger partial charge in [0.05, 0.1) is 18.3 Å². The van der Waals surface area contributed by atoms with Crippen LogP contribution in [0.2, 0.25) is 0 Å². The van der Waals surface area contributed by atoms with Gasteiger partial charge in [-0.15, -0.1) is 10.2 Å². The minimum absolute atomic E-state index is 0.144. The lowest BCUT2D eigenvalue weighted by molar-refractivity contribution is -0.139. The molecule has 124 valence electrons. The molecule has 1 amide bonds. The minimum Gasteiger partial charge on any atom is -0.332 e. The van der Waals surface area contributed by atoms with Crippen molar-refractivity contribution in [3.8, 4) is 0 Å². The average molecular weight is 315 g/mol. The van der Waals surface area contributed by atoms with Crippen LogP contribution in [0.1, 0.15) is 69.7 Å². The van der Waals surface area contributed by atoms with Gasteiger partial charge in [0, 0.05) is 24.4 Å². The fourth-order valence-electron chi connectivity index (χ4n) is 3.64. The van der Waals surface area contributed by atoms with Gasteiger partial charge in [-0.25, -0.2) is 0 Å². The SMILES string of the molecule is CCCCN=Nc1cc2c(nn1)CC1CCCC2N1C(=O)CC. The zero-order valence-electron chi connectivity index (χ0n) is 14.0. The number of unbranched alkanes of at least 4 members (excludes halogenated alkanes) is 1. The summed E-state index contributed by atoms with van der Waals surface area (Å²) in [5.41, 5.74) is 2.16. The molecule has 3 heterocycles. The summed E-state index contributed by atoms with van der Waals surface area (Å²) in [5, 5.41) is 16.9. The van der Waals surface area contributed by atoms with Gasteiger partial charge in [-0.2, -0.15) is 10.2 Å². The van der Waals surface area contributed by atoms with Crippen molar-refractivity contribution >= 4 is 11.7 Å². The normalized spacial score (nSPS) is 23.1. The van der Waals surface area contributed by atoms with Crippen molar-refractivity contribution in [3.05, 3.63) is 17.3 Å². The Morgan fingerprint density at radius 1 is 1.35 bits per heavy atom. The van der Waals surface area contributed by atoms with Gasteiger partial charge in [0.2, 0.25) is 5.91 Å². The van der Waals surface area contributed by atoms with E-state index in [2.05, 4.69) is 32.2 Å². The molecule has 2 atom stereocenters. The third-order valence-corrected chi connectivity index (χ3v) is 4.80. The van der Waals surface area contributed by atoms with Crippen LogP contribution in [-0.4, -0.2) is 33.6 Å². The predicted molar refractivity (Wildman–Crippen MR) is 87.5 cm³/mol. The van der Waals surface area contributed by atoms with Crippen LogP contribution in [0.4, 0.5) is 5.82 Å². The molecular weight excluding hydrogens is 290 g/mol. The van der Waals surface area contributed by atoms with Crippen LogP contribution in [0.25, 0.3) is 0 Å². The molecule has 0 N–H and O–H groups in total. The highest BCUT2D eigenvalue weighted by Crippen LogP contribution is 2.42. The van der Waals surface area contributed by atoms with E-state index in [1.807, 2.05) is 13.0 Å². The van der Waals surface area contributed by atoms with Gasteiger partial charge in [0.15, 0.2) is 5.82 Å². The molecule has 0 aliphatic carbocycles. The van der Waals surface area contributed by atoms with Crippen LogP contribution < -0.4 is 0 Å². The Hall–Kier alpha value is -1.85. The minimum atomic E-state index is 0.144. The molecule has 1 aromatic heterocycles. The van der Waals surface area contributed by atoms with Crippen LogP contribution in [0.5, 0.6) is 0 Å². The highest BCUT2D eigenvalue weighted by atomic mass is 16.2. The Morgan fingerprint density at radius 2 is 2.22 bits per heavy atom. The first-order valence-electron chi connectivity index (χ1n) is 8.79. The molecule has 2 unspecified atom stereocenters. The number of hydrogen-bond acceptors (Lipinski definition) is 5. The third-order valence-electron chi connectivity index (χ3n) is 4.80. The van der Waals surface area contributed by atoms with Crippen LogP contribution in [0.15, 0.2) is 16.3 Å². The standard InChI is InChI=1S/C17H25N5O/c1-3-5-9-18-20-16-11-13-14(19-21-16)10-12-7-6-8-15(13)22(12)17(23)4-2/h11-12,15H,3-10H2,1-2H3. The Kier molecular flexibility index (Phi) is 4.98. The second-order valence-electron chi connectivity index (χ2n) is 6.38. The molecule has 0 aromatic carbocycles. The van der Waals surface area contributed by atoms with Gasteiger partial charge in [-0.05, 0) is 31.7 Å². The number of aromatic nitrogens is 2. The lowest BCUT2D eigenvalue weighted by Gasteiger charge is -2.46. The van der Waals surface area contributed by atoms with Gasteiger partial charge in [0.1, 0.15) is 0 Å². The Morgan fingerprint density at radius 3 is 3.00 bits per heavy atom. The maximum atomic E-state index is 12.4. The molecular formula is C17H25N5O. The summed E-state index contributed by atoms with van der Waals surface area (Å²) < 4.78 is 0. The fourth-order valence-corrected chi connectivity index (χ4v) is 3.64. The molecule has 0 spiro atoms. The summed E-state index contributed by atoms with van der Waals surface area (Å²) in [5.74, 6) is 0.807. The number of piperidine rings is 1. The Balaban J connectivity index is 1.86. The van der Waals surface area contributed by atoms with Crippen LogP contribution in [-0.2, 0) is 11.2 Å². The summed E-state index contributed by atoms with van der Waals surface area (Å²) in [6.07, 6.45) is 6.76. The number of hydrogen-bond donors (Lipinski definition) is 0. The molecule has 0 radical (unpaired) electrons. The second kappa shape index (κ2) is 7.15. The number of fused-ring (bicyclic) bond motifs is 4. The maximum Gasteiger partial charge on any atom is 0.223 e. The van der Waals surface area contributed by atoms with E-state index >= 15 is 0 Å². The molecule has 1 aromatic rings. The fraction of sp³-hybridized carbons (Fsp3) is 0.706. The van der Waals surface area contributed by atoms with E-state index < -0.39 is 0 Å². The van der Waals surface area contributed by atoms with Crippen LogP contribution >= 0.6 is 0 Å². The van der Waals surface area contributed by atoms with Gasteiger partial charge in [-0.1, -0.05) is 20.3 Å². The lowest BCUT2D eigenvalue weighted by atomic mass is 9.82. The van der Waals surface area contributed by atoms with E-state index in [-0.39, 0.29) is 11.9 Å². The monoisotopic (exact) mass is 315 g/mol. The van der Waals surface area contributed by atoms with Crippen molar-refractivity contribution in [1.29, 1.82) is 0 Å². The van der Waals surface area contributed by atoms with Crippen molar-refractivity contribution in [2.24, 2.45) is 10.2 Å². The van der Waals surface area contributed by atoms with Gasteiger partial charge >= 0.3 is 0 Å². The molecule has 0 saturated carbocycles. The number of amides is 1. The molecule has 1 fully saturated rings. The highest BCUT2D eigenvalue weighted by Gasteiger charge is 2.40. The van der Waals surface area contributed by atoms with Gasteiger partial charge in [0.25, 0.3) is 0 Å². The topological polar surface area (TPSA) is 70.8 Å². The summed E-state index contributed by atoms with van der Waals surface area (Å²) in [7, 11) is 0.